The van der Waals surface area contributed by atoms with E-state index in [4.69, 9.17) is 4.74 Å². The molecule has 0 aliphatic heterocycles. The third-order valence-electron chi connectivity index (χ3n) is 2.19. The van der Waals surface area contributed by atoms with Crippen molar-refractivity contribution in [2.24, 2.45) is 0 Å². The van der Waals surface area contributed by atoms with Crippen molar-refractivity contribution in [1.82, 2.24) is 0 Å². The van der Waals surface area contributed by atoms with E-state index in [1.807, 2.05) is 0 Å². The molecule has 0 saturated carbocycles. The van der Waals surface area contributed by atoms with E-state index in [1.54, 1.807) is 19.1 Å². The van der Waals surface area contributed by atoms with Gasteiger partial charge < -0.3 is 4.74 Å². The predicted molar refractivity (Wildman–Crippen MR) is 74.5 cm³/mol. The van der Waals surface area contributed by atoms with Crippen molar-refractivity contribution in [2.75, 3.05) is 12.4 Å². The number of carbonyl (C=O) groups is 2. The maximum atomic E-state index is 13.2. The van der Waals surface area contributed by atoms with Crippen molar-refractivity contribution in [2.45, 2.75) is 13.8 Å². The Bertz CT molecular complexity index is 497. The van der Waals surface area contributed by atoms with Gasteiger partial charge in [0.15, 0.2) is 5.12 Å². The molecule has 0 spiro atoms. The zero-order valence-corrected chi connectivity index (χ0v) is 11.6. The van der Waals surface area contributed by atoms with Crippen molar-refractivity contribution in [3.63, 3.8) is 0 Å². The highest BCUT2D eigenvalue weighted by molar-refractivity contribution is 8.13. The molecule has 0 amide bonds. The smallest absolute Gasteiger partial charge is 0.338 e. The van der Waals surface area contributed by atoms with Crippen LogP contribution in [0.3, 0.4) is 0 Å². The third kappa shape index (κ3) is 5.26. The number of ether oxygens (including phenoxy) is 1. The molecule has 5 heteroatoms. The van der Waals surface area contributed by atoms with Crippen LogP contribution in [0.2, 0.25) is 0 Å². The molecule has 0 heterocycles. The van der Waals surface area contributed by atoms with Crippen LogP contribution < -0.4 is 0 Å². The lowest BCUT2D eigenvalue weighted by atomic mass is 10.1. The Balaban J connectivity index is 2.88. The van der Waals surface area contributed by atoms with Crippen LogP contribution in [0.1, 0.15) is 29.8 Å². The average molecular weight is 282 g/mol. The lowest BCUT2D eigenvalue weighted by molar-refractivity contribution is -0.109. The maximum absolute atomic E-state index is 13.2. The topological polar surface area (TPSA) is 43.4 Å². The second kappa shape index (κ2) is 7.74. The lowest BCUT2D eigenvalue weighted by Gasteiger charge is -2.05. The van der Waals surface area contributed by atoms with Gasteiger partial charge >= 0.3 is 5.97 Å². The quantitative estimate of drug-likeness (QED) is 0.777. The summed E-state index contributed by atoms with van der Waals surface area (Å²) in [6, 6.07) is 3.88. The molecular formula is C14H15FO3S. The molecular weight excluding hydrogens is 267 g/mol. The fraction of sp³-hybridized carbons (Fsp3) is 0.286. The molecule has 0 aliphatic rings. The normalized spacial score (nSPS) is 10.7. The molecule has 0 radical (unpaired) electrons. The van der Waals surface area contributed by atoms with Crippen molar-refractivity contribution in [3.05, 3.63) is 41.2 Å². The molecule has 1 rings (SSSR count). The molecule has 0 bridgehead atoms. The van der Waals surface area contributed by atoms with Gasteiger partial charge in [-0.2, -0.15) is 0 Å². The molecule has 0 N–H and O–H groups in total. The minimum atomic E-state index is -0.485. The first kappa shape index (κ1) is 15.4. The highest BCUT2D eigenvalue weighted by atomic mass is 32.2. The van der Waals surface area contributed by atoms with Gasteiger partial charge in [0.2, 0.25) is 0 Å². The number of thioether (sulfide) groups is 1. The first-order valence-corrected chi connectivity index (χ1v) is 6.79. The van der Waals surface area contributed by atoms with Gasteiger partial charge in [0, 0.05) is 12.7 Å². The van der Waals surface area contributed by atoms with Gasteiger partial charge in [0.05, 0.1) is 12.2 Å². The summed E-state index contributed by atoms with van der Waals surface area (Å²) in [6.07, 6.45) is 3.33. The van der Waals surface area contributed by atoms with Crippen molar-refractivity contribution in [1.29, 1.82) is 0 Å². The number of hydrogen-bond donors (Lipinski definition) is 0. The van der Waals surface area contributed by atoms with Gasteiger partial charge in [0.25, 0.3) is 0 Å². The number of hydrogen-bond acceptors (Lipinski definition) is 4. The SMILES string of the molecule is CCOC(=O)c1ccc(F)cc1C=CCSC(C)=O. The Kier molecular flexibility index (Phi) is 6.29. The van der Waals surface area contributed by atoms with Gasteiger partial charge in [-0.25, -0.2) is 9.18 Å². The molecule has 1 aromatic carbocycles. The molecule has 19 heavy (non-hydrogen) atoms. The van der Waals surface area contributed by atoms with E-state index >= 15 is 0 Å². The minimum Gasteiger partial charge on any atom is -0.462 e. The summed E-state index contributed by atoms with van der Waals surface area (Å²) in [6.45, 7) is 3.45. The Morgan fingerprint density at radius 3 is 2.79 bits per heavy atom. The molecule has 0 atom stereocenters. The van der Waals surface area contributed by atoms with Gasteiger partial charge in [-0.05, 0) is 30.7 Å². The van der Waals surface area contributed by atoms with Gasteiger partial charge in [0.1, 0.15) is 5.82 Å². The summed E-state index contributed by atoms with van der Waals surface area (Å²) in [5.41, 5.74) is 0.759. The summed E-state index contributed by atoms with van der Waals surface area (Å²) in [5.74, 6) is -0.429. The predicted octanol–water partition coefficient (Wildman–Crippen LogP) is 3.30. The van der Waals surface area contributed by atoms with Crippen molar-refractivity contribution >= 4 is 28.9 Å². The fourth-order valence-corrected chi connectivity index (χ4v) is 1.83. The number of carbonyl (C=O) groups excluding carboxylic acids is 2. The van der Waals surface area contributed by atoms with E-state index < -0.39 is 11.8 Å². The maximum Gasteiger partial charge on any atom is 0.338 e. The molecule has 0 fully saturated rings. The van der Waals surface area contributed by atoms with E-state index in [2.05, 4.69) is 0 Å². The Hall–Kier alpha value is -1.62. The van der Waals surface area contributed by atoms with Crippen LogP contribution in [0, 0.1) is 5.82 Å². The first-order chi connectivity index (χ1) is 9.04. The van der Waals surface area contributed by atoms with Crippen LogP contribution in [0.5, 0.6) is 0 Å². The van der Waals surface area contributed by atoms with Crippen LogP contribution in [0.4, 0.5) is 4.39 Å². The Labute approximate surface area is 115 Å². The van der Waals surface area contributed by atoms with E-state index in [1.165, 1.54) is 25.1 Å². The molecule has 0 unspecified atom stereocenters. The van der Waals surface area contributed by atoms with Gasteiger partial charge in [-0.3, -0.25) is 4.79 Å². The summed E-state index contributed by atoms with van der Waals surface area (Å²) in [5, 5.41) is 0.00880. The first-order valence-electron chi connectivity index (χ1n) is 5.81. The van der Waals surface area contributed by atoms with Crippen LogP contribution >= 0.6 is 11.8 Å². The Morgan fingerprint density at radius 2 is 2.16 bits per heavy atom. The van der Waals surface area contributed by atoms with Crippen LogP contribution in [0.25, 0.3) is 6.08 Å². The van der Waals surface area contributed by atoms with Crippen LogP contribution in [-0.4, -0.2) is 23.4 Å². The number of esters is 1. The second-order valence-electron chi connectivity index (χ2n) is 3.66. The van der Waals surface area contributed by atoms with Crippen molar-refractivity contribution < 1.29 is 18.7 Å². The molecule has 0 aromatic heterocycles. The number of rotatable bonds is 5. The summed E-state index contributed by atoms with van der Waals surface area (Å²) in [7, 11) is 0. The van der Waals surface area contributed by atoms with Crippen molar-refractivity contribution in [3.8, 4) is 0 Å². The van der Waals surface area contributed by atoms with E-state index in [9.17, 15) is 14.0 Å². The number of halogens is 1. The molecule has 102 valence electrons. The zero-order valence-electron chi connectivity index (χ0n) is 10.8. The zero-order chi connectivity index (χ0) is 14.3. The van der Waals surface area contributed by atoms with Gasteiger partial charge in [-0.15, -0.1) is 0 Å². The summed E-state index contributed by atoms with van der Waals surface area (Å²) >= 11 is 1.14. The highest BCUT2D eigenvalue weighted by Gasteiger charge is 2.11. The van der Waals surface area contributed by atoms with Crippen LogP contribution in [0.15, 0.2) is 24.3 Å². The molecule has 0 aliphatic carbocycles. The second-order valence-corrected chi connectivity index (χ2v) is 4.85. The van der Waals surface area contributed by atoms with Crippen LogP contribution in [-0.2, 0) is 9.53 Å². The standard InChI is InChI=1S/C14H15FO3S/c1-3-18-14(17)13-7-6-12(15)9-11(13)5-4-8-19-10(2)16/h4-7,9H,3,8H2,1-2H3. The largest absolute Gasteiger partial charge is 0.462 e. The van der Waals surface area contributed by atoms with E-state index in [-0.39, 0.29) is 11.7 Å². The molecule has 3 nitrogen and oxygen atoms in total. The number of benzene rings is 1. The van der Waals surface area contributed by atoms with Gasteiger partial charge in [-0.1, -0.05) is 23.9 Å². The highest BCUT2D eigenvalue weighted by Crippen LogP contribution is 2.15. The summed E-state index contributed by atoms with van der Waals surface area (Å²) in [4.78, 5) is 22.4. The monoisotopic (exact) mass is 282 g/mol. The minimum absolute atomic E-state index is 0.00880. The average Bonchev–Trinajstić information content (AvgIpc) is 2.34. The third-order valence-corrected chi connectivity index (χ3v) is 2.95. The van der Waals surface area contributed by atoms with E-state index in [0.717, 1.165) is 11.8 Å². The summed E-state index contributed by atoms with van der Waals surface area (Å²) < 4.78 is 18.1. The Morgan fingerprint density at radius 1 is 1.42 bits per heavy atom. The van der Waals surface area contributed by atoms with E-state index in [0.29, 0.717) is 16.9 Å². The lowest BCUT2D eigenvalue weighted by Crippen LogP contribution is -2.06. The molecule has 1 aromatic rings. The molecule has 0 saturated heterocycles. The fourth-order valence-electron chi connectivity index (χ4n) is 1.41.